The van der Waals surface area contributed by atoms with E-state index in [-0.39, 0.29) is 11.8 Å². The van der Waals surface area contributed by atoms with Crippen LogP contribution in [0.5, 0.6) is 5.75 Å². The Morgan fingerprint density at radius 2 is 1.79 bits per heavy atom. The minimum absolute atomic E-state index is 0.0466. The van der Waals surface area contributed by atoms with Crippen molar-refractivity contribution < 1.29 is 9.53 Å². The maximum Gasteiger partial charge on any atom is 0.223 e. The van der Waals surface area contributed by atoms with Gasteiger partial charge in [0.15, 0.2) is 0 Å². The summed E-state index contributed by atoms with van der Waals surface area (Å²) in [5.41, 5.74) is 1.13. The van der Waals surface area contributed by atoms with Gasteiger partial charge in [0.2, 0.25) is 5.91 Å². The Morgan fingerprint density at radius 3 is 2.50 bits per heavy atom. The Labute approximate surface area is 180 Å². The lowest BCUT2D eigenvalue weighted by Gasteiger charge is -2.31. The van der Waals surface area contributed by atoms with Crippen molar-refractivity contribution in [2.75, 3.05) is 26.2 Å². The van der Waals surface area contributed by atoms with Crippen LogP contribution < -0.4 is 10.1 Å². The number of rotatable bonds is 7. The normalized spacial score (nSPS) is 15.4. The van der Waals surface area contributed by atoms with E-state index < -0.39 is 0 Å². The van der Waals surface area contributed by atoms with Crippen molar-refractivity contribution in [3.05, 3.63) is 63.1 Å². The average Bonchev–Trinajstić information content (AvgIpc) is 2.70. The number of benzene rings is 2. The van der Waals surface area contributed by atoms with Gasteiger partial charge in [-0.15, -0.1) is 0 Å². The zero-order chi connectivity index (χ0) is 19.9. The van der Waals surface area contributed by atoms with Gasteiger partial charge in [-0.2, -0.15) is 0 Å². The number of hydrogen-bond acceptors (Lipinski definition) is 3. The van der Waals surface area contributed by atoms with Gasteiger partial charge < -0.3 is 10.1 Å². The summed E-state index contributed by atoms with van der Waals surface area (Å²) in [4.78, 5) is 14.7. The van der Waals surface area contributed by atoms with Gasteiger partial charge in [0.25, 0.3) is 0 Å². The molecular formula is C21H23Cl3N2O2. The first-order chi connectivity index (χ1) is 13.5. The molecule has 4 nitrogen and oxygen atoms in total. The van der Waals surface area contributed by atoms with Gasteiger partial charge in [0.05, 0.1) is 21.6 Å². The molecule has 3 rings (SSSR count). The fourth-order valence-electron chi connectivity index (χ4n) is 3.29. The van der Waals surface area contributed by atoms with Crippen LogP contribution in [0.2, 0.25) is 15.1 Å². The van der Waals surface area contributed by atoms with Crippen molar-refractivity contribution in [2.45, 2.75) is 19.4 Å². The van der Waals surface area contributed by atoms with Gasteiger partial charge >= 0.3 is 0 Å². The average molecular weight is 442 g/mol. The number of carbonyl (C=O) groups excluding carboxylic acids is 1. The highest BCUT2D eigenvalue weighted by Gasteiger charge is 2.24. The topological polar surface area (TPSA) is 41.6 Å². The van der Waals surface area contributed by atoms with Gasteiger partial charge in [-0.3, -0.25) is 9.69 Å². The zero-order valence-electron chi connectivity index (χ0n) is 15.5. The summed E-state index contributed by atoms with van der Waals surface area (Å²) in [5, 5.41) is 4.68. The first kappa shape index (κ1) is 21.3. The Kier molecular flexibility index (Phi) is 7.86. The minimum Gasteiger partial charge on any atom is -0.490 e. The predicted molar refractivity (Wildman–Crippen MR) is 114 cm³/mol. The molecule has 1 N–H and O–H groups in total. The molecule has 150 valence electrons. The minimum atomic E-state index is 0.0466. The fraction of sp³-hybridized carbons (Fsp3) is 0.381. The van der Waals surface area contributed by atoms with E-state index in [4.69, 9.17) is 39.5 Å². The number of carbonyl (C=O) groups is 1. The molecule has 0 unspecified atom stereocenters. The van der Waals surface area contributed by atoms with Crippen LogP contribution >= 0.6 is 34.8 Å². The highest BCUT2D eigenvalue weighted by Crippen LogP contribution is 2.25. The highest BCUT2D eigenvalue weighted by atomic mass is 35.5. The summed E-state index contributed by atoms with van der Waals surface area (Å²) in [6.07, 6.45) is 1.69. The standard InChI is InChI=1S/C21H23Cl3N2O2/c22-17-6-5-15(13-19(17)24)14-26-10-7-16(8-11-26)21(27)25-9-12-28-20-4-2-1-3-18(20)23/h1-6,13,16H,7-12,14H2,(H,25,27). The molecule has 1 saturated heterocycles. The van der Waals surface area contributed by atoms with Crippen molar-refractivity contribution in [3.63, 3.8) is 0 Å². The summed E-state index contributed by atoms with van der Waals surface area (Å²) < 4.78 is 5.60. The lowest BCUT2D eigenvalue weighted by molar-refractivity contribution is -0.126. The number of amides is 1. The summed E-state index contributed by atoms with van der Waals surface area (Å²) >= 11 is 18.1. The zero-order valence-corrected chi connectivity index (χ0v) is 17.7. The molecule has 0 saturated carbocycles. The summed E-state index contributed by atoms with van der Waals surface area (Å²) in [6, 6.07) is 13.0. The van der Waals surface area contributed by atoms with Gasteiger partial charge in [-0.05, 0) is 55.8 Å². The molecule has 2 aromatic carbocycles. The second-order valence-corrected chi connectivity index (χ2v) is 8.09. The molecular weight excluding hydrogens is 419 g/mol. The number of nitrogens with one attached hydrogen (secondary N) is 1. The monoisotopic (exact) mass is 440 g/mol. The number of ether oxygens (including phenoxy) is 1. The summed E-state index contributed by atoms with van der Waals surface area (Å²) in [6.45, 7) is 3.44. The molecule has 2 aromatic rings. The van der Waals surface area contributed by atoms with Crippen LogP contribution in [0.4, 0.5) is 0 Å². The van der Waals surface area contributed by atoms with Crippen LogP contribution in [0.25, 0.3) is 0 Å². The van der Waals surface area contributed by atoms with Crippen molar-refractivity contribution >= 4 is 40.7 Å². The number of hydrogen-bond donors (Lipinski definition) is 1. The molecule has 1 amide bonds. The lowest BCUT2D eigenvalue weighted by atomic mass is 9.95. The van der Waals surface area contributed by atoms with Crippen LogP contribution in [0.15, 0.2) is 42.5 Å². The van der Waals surface area contributed by atoms with E-state index in [1.54, 1.807) is 6.07 Å². The Bertz CT molecular complexity index is 808. The molecule has 0 bridgehead atoms. The van der Waals surface area contributed by atoms with Crippen LogP contribution in [-0.2, 0) is 11.3 Å². The second-order valence-electron chi connectivity index (χ2n) is 6.87. The van der Waals surface area contributed by atoms with E-state index >= 15 is 0 Å². The number of para-hydroxylation sites is 1. The van der Waals surface area contributed by atoms with Gasteiger partial charge in [-0.25, -0.2) is 0 Å². The number of halogens is 3. The highest BCUT2D eigenvalue weighted by molar-refractivity contribution is 6.42. The molecule has 0 aromatic heterocycles. The molecule has 0 spiro atoms. The van der Waals surface area contributed by atoms with Crippen LogP contribution in [0.1, 0.15) is 18.4 Å². The molecule has 1 aliphatic rings. The van der Waals surface area contributed by atoms with Crippen LogP contribution in [0.3, 0.4) is 0 Å². The first-order valence-corrected chi connectivity index (χ1v) is 10.5. The molecule has 7 heteroatoms. The van der Waals surface area contributed by atoms with E-state index in [0.717, 1.165) is 38.0 Å². The van der Waals surface area contributed by atoms with E-state index in [9.17, 15) is 4.79 Å². The Hall–Kier alpha value is -1.46. The molecule has 0 aliphatic carbocycles. The predicted octanol–water partition coefficient (Wildman–Crippen LogP) is 5.05. The van der Waals surface area contributed by atoms with Crippen molar-refractivity contribution in [1.29, 1.82) is 0 Å². The quantitative estimate of drug-likeness (QED) is 0.611. The van der Waals surface area contributed by atoms with E-state index in [0.29, 0.717) is 34.0 Å². The molecule has 1 aliphatic heterocycles. The number of piperidine rings is 1. The summed E-state index contributed by atoms with van der Waals surface area (Å²) in [7, 11) is 0. The van der Waals surface area contributed by atoms with E-state index in [2.05, 4.69) is 10.2 Å². The summed E-state index contributed by atoms with van der Waals surface area (Å²) in [5.74, 6) is 0.774. The molecule has 1 heterocycles. The molecule has 0 atom stereocenters. The first-order valence-electron chi connectivity index (χ1n) is 9.34. The van der Waals surface area contributed by atoms with Crippen molar-refractivity contribution in [1.82, 2.24) is 10.2 Å². The Balaban J connectivity index is 1.36. The van der Waals surface area contributed by atoms with E-state index in [1.165, 1.54) is 0 Å². The third kappa shape index (κ3) is 6.02. The van der Waals surface area contributed by atoms with Gasteiger partial charge in [-0.1, -0.05) is 53.0 Å². The van der Waals surface area contributed by atoms with Crippen LogP contribution in [-0.4, -0.2) is 37.0 Å². The third-order valence-electron chi connectivity index (χ3n) is 4.84. The van der Waals surface area contributed by atoms with Crippen molar-refractivity contribution in [2.24, 2.45) is 5.92 Å². The molecule has 0 radical (unpaired) electrons. The SMILES string of the molecule is O=C(NCCOc1ccccc1Cl)C1CCN(Cc2ccc(Cl)c(Cl)c2)CC1. The maximum atomic E-state index is 12.4. The molecule has 1 fully saturated rings. The van der Waals surface area contributed by atoms with Crippen LogP contribution in [0, 0.1) is 5.92 Å². The van der Waals surface area contributed by atoms with Gasteiger partial charge in [0.1, 0.15) is 12.4 Å². The largest absolute Gasteiger partial charge is 0.490 e. The van der Waals surface area contributed by atoms with E-state index in [1.807, 2.05) is 36.4 Å². The lowest BCUT2D eigenvalue weighted by Crippen LogP contribution is -2.41. The maximum absolute atomic E-state index is 12.4. The van der Waals surface area contributed by atoms with Crippen molar-refractivity contribution in [3.8, 4) is 5.75 Å². The Morgan fingerprint density at radius 1 is 1.04 bits per heavy atom. The third-order valence-corrected chi connectivity index (χ3v) is 5.90. The number of nitrogens with zero attached hydrogens (tertiary/aromatic N) is 1. The molecule has 28 heavy (non-hydrogen) atoms. The fourth-order valence-corrected chi connectivity index (χ4v) is 3.80. The smallest absolute Gasteiger partial charge is 0.223 e. The second kappa shape index (κ2) is 10.4. The number of likely N-dealkylation sites (tertiary alicyclic amines) is 1. The van der Waals surface area contributed by atoms with Gasteiger partial charge in [0, 0.05) is 12.5 Å².